The van der Waals surface area contributed by atoms with E-state index in [0.29, 0.717) is 6.07 Å². The third-order valence-corrected chi connectivity index (χ3v) is 4.61. The van der Waals surface area contributed by atoms with Crippen molar-refractivity contribution in [1.29, 1.82) is 0 Å². The monoisotopic (exact) mass is 413 g/mol. The van der Waals surface area contributed by atoms with E-state index in [9.17, 15) is 39.6 Å². The van der Waals surface area contributed by atoms with Gasteiger partial charge in [-0.1, -0.05) is 6.07 Å². The zero-order valence-corrected chi connectivity index (χ0v) is 13.7. The molecule has 146 valence electrons. The minimum absolute atomic E-state index is 0.150. The molecule has 0 fully saturated rings. The summed E-state index contributed by atoms with van der Waals surface area (Å²) in [7, 11) is -4.64. The number of nitrogens with one attached hydrogen (secondary N) is 1. The topological polar surface area (TPSA) is 83.5 Å². The van der Waals surface area contributed by atoms with Gasteiger partial charge in [0.2, 0.25) is 0 Å². The number of anilines is 1. The summed E-state index contributed by atoms with van der Waals surface area (Å²) in [6.07, 6.45) is -10.3. The Morgan fingerprint density at radius 2 is 1.41 bits per heavy atom. The van der Waals surface area contributed by atoms with Crippen molar-refractivity contribution in [2.24, 2.45) is 0 Å². The van der Waals surface area contributed by atoms with E-state index in [1.54, 1.807) is 4.72 Å². The molecule has 0 aliphatic rings. The van der Waals surface area contributed by atoms with Crippen LogP contribution in [0.2, 0.25) is 0 Å². The van der Waals surface area contributed by atoms with Gasteiger partial charge in [-0.2, -0.15) is 26.3 Å². The molecule has 0 aliphatic carbocycles. The minimum Gasteiger partial charge on any atom is -0.478 e. The Bertz CT molecular complexity index is 950. The van der Waals surface area contributed by atoms with Crippen LogP contribution >= 0.6 is 0 Å². The first-order valence-electron chi connectivity index (χ1n) is 6.86. The number of alkyl halides is 6. The molecular formula is C15H9F6NO4S. The molecule has 0 aromatic heterocycles. The van der Waals surface area contributed by atoms with E-state index < -0.39 is 55.6 Å². The fraction of sp³-hybridized carbons (Fsp3) is 0.133. The van der Waals surface area contributed by atoms with Crippen molar-refractivity contribution >= 4 is 21.7 Å². The normalized spacial score (nSPS) is 12.7. The van der Waals surface area contributed by atoms with Crippen molar-refractivity contribution in [3.05, 3.63) is 59.2 Å². The van der Waals surface area contributed by atoms with Crippen LogP contribution in [0.3, 0.4) is 0 Å². The number of carboxylic acids is 1. The van der Waals surface area contributed by atoms with E-state index in [-0.39, 0.29) is 18.2 Å². The molecule has 0 bridgehead atoms. The Morgan fingerprint density at radius 3 is 1.85 bits per heavy atom. The van der Waals surface area contributed by atoms with Gasteiger partial charge in [0.05, 0.1) is 27.3 Å². The molecule has 0 atom stereocenters. The van der Waals surface area contributed by atoms with Crippen LogP contribution in [0, 0.1) is 0 Å². The second-order valence-electron chi connectivity index (χ2n) is 5.23. The first-order valence-corrected chi connectivity index (χ1v) is 8.34. The minimum atomic E-state index is -5.15. The first-order chi connectivity index (χ1) is 12.2. The Balaban J connectivity index is 2.52. The molecule has 0 aliphatic heterocycles. The highest BCUT2D eigenvalue weighted by atomic mass is 32.2. The van der Waals surface area contributed by atoms with E-state index in [2.05, 4.69) is 0 Å². The van der Waals surface area contributed by atoms with E-state index >= 15 is 0 Å². The second kappa shape index (κ2) is 6.76. The van der Waals surface area contributed by atoms with E-state index in [1.165, 1.54) is 0 Å². The Labute approximate surface area is 148 Å². The van der Waals surface area contributed by atoms with Crippen LogP contribution in [0.15, 0.2) is 47.4 Å². The third kappa shape index (κ3) is 4.90. The SMILES string of the molecule is O=C(O)c1cccc(S(=O)(=O)Nc2cc(C(F)(F)F)cc(C(F)(F)F)c2)c1. The molecule has 5 nitrogen and oxygen atoms in total. The van der Waals surface area contributed by atoms with Crippen LogP contribution in [0.4, 0.5) is 32.0 Å². The standard InChI is InChI=1S/C15H9F6NO4S/c16-14(17,18)9-5-10(15(19,20)21)7-11(6-9)22-27(25,26)12-3-1-2-8(4-12)13(23)24/h1-7,22H,(H,23,24). The number of carbonyl (C=O) groups is 1. The summed E-state index contributed by atoms with van der Waals surface area (Å²) in [6, 6.07) is 4.03. The summed E-state index contributed by atoms with van der Waals surface area (Å²) in [5.74, 6) is -1.47. The predicted octanol–water partition coefficient (Wildman–Crippen LogP) is 4.22. The molecular weight excluding hydrogens is 404 g/mol. The van der Waals surface area contributed by atoms with Gasteiger partial charge in [0, 0.05) is 0 Å². The summed E-state index contributed by atoms with van der Waals surface area (Å²) in [5.41, 5.74) is -4.81. The van der Waals surface area contributed by atoms with Gasteiger partial charge >= 0.3 is 18.3 Å². The molecule has 0 saturated heterocycles. The number of rotatable bonds is 4. The predicted molar refractivity (Wildman–Crippen MR) is 80.7 cm³/mol. The molecule has 2 aromatic carbocycles. The molecule has 0 heterocycles. The Morgan fingerprint density at radius 1 is 0.889 bits per heavy atom. The maximum Gasteiger partial charge on any atom is 0.416 e. The van der Waals surface area contributed by atoms with Crippen LogP contribution in [-0.2, 0) is 22.4 Å². The number of sulfonamides is 1. The van der Waals surface area contributed by atoms with Crippen molar-refractivity contribution in [1.82, 2.24) is 0 Å². The van der Waals surface area contributed by atoms with Gasteiger partial charge in [0.25, 0.3) is 10.0 Å². The van der Waals surface area contributed by atoms with Crippen molar-refractivity contribution in [2.45, 2.75) is 17.2 Å². The molecule has 0 radical (unpaired) electrons. The highest BCUT2D eigenvalue weighted by molar-refractivity contribution is 7.92. The van der Waals surface area contributed by atoms with Crippen molar-refractivity contribution in [3.8, 4) is 0 Å². The lowest BCUT2D eigenvalue weighted by Gasteiger charge is -2.15. The van der Waals surface area contributed by atoms with Gasteiger partial charge in [-0.05, 0) is 36.4 Å². The van der Waals surface area contributed by atoms with Crippen LogP contribution in [-0.4, -0.2) is 19.5 Å². The van der Waals surface area contributed by atoms with Crippen LogP contribution in [0.5, 0.6) is 0 Å². The van der Waals surface area contributed by atoms with Crippen LogP contribution in [0.25, 0.3) is 0 Å². The lowest BCUT2D eigenvalue weighted by Crippen LogP contribution is -2.16. The van der Waals surface area contributed by atoms with Crippen LogP contribution < -0.4 is 4.72 Å². The maximum atomic E-state index is 12.8. The zero-order chi connectivity index (χ0) is 20.6. The summed E-state index contributed by atoms with van der Waals surface area (Å²) in [6.45, 7) is 0. The molecule has 0 amide bonds. The molecule has 2 N–H and O–H groups in total. The molecule has 2 aromatic rings. The zero-order valence-electron chi connectivity index (χ0n) is 12.9. The average Bonchev–Trinajstić information content (AvgIpc) is 2.52. The fourth-order valence-corrected chi connectivity index (χ4v) is 3.11. The number of hydrogen-bond donors (Lipinski definition) is 2. The van der Waals surface area contributed by atoms with Crippen LogP contribution in [0.1, 0.15) is 21.5 Å². The van der Waals surface area contributed by atoms with Gasteiger partial charge in [0.15, 0.2) is 0 Å². The van der Waals surface area contributed by atoms with Gasteiger partial charge in [-0.3, -0.25) is 4.72 Å². The maximum absolute atomic E-state index is 12.8. The summed E-state index contributed by atoms with van der Waals surface area (Å²) >= 11 is 0. The Kier molecular flexibility index (Phi) is 5.14. The van der Waals surface area contributed by atoms with Gasteiger partial charge in [-0.15, -0.1) is 0 Å². The third-order valence-electron chi connectivity index (χ3n) is 3.23. The molecule has 12 heteroatoms. The van der Waals surface area contributed by atoms with Crippen molar-refractivity contribution < 1.29 is 44.7 Å². The highest BCUT2D eigenvalue weighted by Gasteiger charge is 2.37. The number of aromatic carboxylic acids is 1. The quantitative estimate of drug-likeness (QED) is 0.736. The average molecular weight is 413 g/mol. The molecule has 27 heavy (non-hydrogen) atoms. The Hall–Kier alpha value is -2.76. The van der Waals surface area contributed by atoms with Gasteiger partial charge in [-0.25, -0.2) is 13.2 Å². The van der Waals surface area contributed by atoms with Crippen molar-refractivity contribution in [3.63, 3.8) is 0 Å². The first kappa shape index (κ1) is 20.6. The number of hydrogen-bond acceptors (Lipinski definition) is 3. The fourth-order valence-electron chi connectivity index (χ4n) is 2.02. The van der Waals surface area contributed by atoms with Gasteiger partial charge in [0.1, 0.15) is 0 Å². The lowest BCUT2D eigenvalue weighted by atomic mass is 10.1. The molecule has 0 saturated carbocycles. The van der Waals surface area contributed by atoms with E-state index in [4.69, 9.17) is 5.11 Å². The molecule has 0 spiro atoms. The summed E-state index contributed by atoms with van der Waals surface area (Å²) in [5, 5.41) is 8.85. The summed E-state index contributed by atoms with van der Waals surface area (Å²) in [4.78, 5) is 10.2. The van der Waals surface area contributed by atoms with E-state index in [1.807, 2.05) is 0 Å². The number of carboxylic acid groups (broad SMARTS) is 1. The highest BCUT2D eigenvalue weighted by Crippen LogP contribution is 2.38. The number of benzene rings is 2. The number of halogens is 6. The molecule has 2 rings (SSSR count). The smallest absolute Gasteiger partial charge is 0.416 e. The van der Waals surface area contributed by atoms with Crippen molar-refractivity contribution in [2.75, 3.05) is 4.72 Å². The largest absolute Gasteiger partial charge is 0.478 e. The second-order valence-corrected chi connectivity index (χ2v) is 6.92. The van der Waals surface area contributed by atoms with E-state index in [0.717, 1.165) is 18.2 Å². The van der Waals surface area contributed by atoms with Gasteiger partial charge < -0.3 is 5.11 Å². The lowest BCUT2D eigenvalue weighted by molar-refractivity contribution is -0.143. The summed E-state index contributed by atoms with van der Waals surface area (Å²) < 4.78 is 103. The molecule has 0 unspecified atom stereocenters.